The van der Waals surface area contributed by atoms with Gasteiger partial charge in [0, 0.05) is 6.54 Å². The lowest BCUT2D eigenvalue weighted by atomic mass is 10.2. The van der Waals surface area contributed by atoms with Gasteiger partial charge in [0.25, 0.3) is 0 Å². The number of nitrogens with one attached hydrogen (secondary N) is 1. The zero-order valence-electron chi connectivity index (χ0n) is 9.04. The van der Waals surface area contributed by atoms with Crippen molar-refractivity contribution >= 4 is 23.2 Å². The average molecular weight is 239 g/mol. The van der Waals surface area contributed by atoms with Crippen LogP contribution in [-0.2, 0) is 0 Å². The minimum absolute atomic E-state index is 0.319. The van der Waals surface area contributed by atoms with Gasteiger partial charge >= 0.3 is 0 Å². The first-order chi connectivity index (χ1) is 7.77. The molecule has 0 radical (unpaired) electrons. The third-order valence-corrected chi connectivity index (χ3v) is 3.06. The highest BCUT2D eigenvalue weighted by atomic mass is 35.5. The Labute approximate surface area is 99.9 Å². The lowest BCUT2D eigenvalue weighted by Crippen LogP contribution is -2.06. The smallest absolute Gasteiger partial charge is 0.150 e. The standard InChI is InChI=1S/C11H15ClN4/c12-9-10(13)15-7-16-11(9)14-6-5-8-3-1-2-4-8/h3,7H,1-2,4-6H2,(H3,13,14,15,16). The zero-order valence-corrected chi connectivity index (χ0v) is 9.80. The summed E-state index contributed by atoms with van der Waals surface area (Å²) >= 11 is 5.96. The summed E-state index contributed by atoms with van der Waals surface area (Å²) in [7, 11) is 0. The van der Waals surface area contributed by atoms with Crippen molar-refractivity contribution in [1.82, 2.24) is 9.97 Å². The molecule has 0 bridgehead atoms. The molecule has 0 spiro atoms. The second kappa shape index (κ2) is 5.16. The molecule has 16 heavy (non-hydrogen) atoms. The molecule has 4 nitrogen and oxygen atoms in total. The molecule has 0 unspecified atom stereocenters. The molecule has 3 N–H and O–H groups in total. The van der Waals surface area contributed by atoms with Gasteiger partial charge < -0.3 is 11.1 Å². The first-order valence-corrected chi connectivity index (χ1v) is 5.83. The molecule has 0 saturated carbocycles. The molecule has 1 aromatic heterocycles. The van der Waals surface area contributed by atoms with Crippen molar-refractivity contribution in [2.75, 3.05) is 17.6 Å². The predicted octanol–water partition coefficient (Wildman–Crippen LogP) is 2.62. The van der Waals surface area contributed by atoms with Crippen LogP contribution in [0.2, 0.25) is 5.02 Å². The zero-order chi connectivity index (χ0) is 11.4. The maximum atomic E-state index is 5.96. The van der Waals surface area contributed by atoms with Crippen molar-refractivity contribution in [3.63, 3.8) is 0 Å². The van der Waals surface area contributed by atoms with Gasteiger partial charge in [-0.05, 0) is 25.7 Å². The highest BCUT2D eigenvalue weighted by molar-refractivity contribution is 6.35. The highest BCUT2D eigenvalue weighted by Gasteiger charge is 2.07. The van der Waals surface area contributed by atoms with Gasteiger partial charge in [-0.15, -0.1) is 0 Å². The van der Waals surface area contributed by atoms with E-state index in [2.05, 4.69) is 21.4 Å². The highest BCUT2D eigenvalue weighted by Crippen LogP contribution is 2.24. The summed E-state index contributed by atoms with van der Waals surface area (Å²) in [6, 6.07) is 0. The Morgan fingerprint density at radius 2 is 2.31 bits per heavy atom. The third kappa shape index (κ3) is 2.64. The number of rotatable bonds is 4. The Bertz CT molecular complexity index is 403. The first kappa shape index (κ1) is 11.2. The molecular formula is C11H15ClN4. The molecule has 0 atom stereocenters. The number of aromatic nitrogens is 2. The fourth-order valence-corrected chi connectivity index (χ4v) is 1.98. The van der Waals surface area contributed by atoms with Gasteiger partial charge in [0.2, 0.25) is 0 Å². The van der Waals surface area contributed by atoms with Gasteiger partial charge in [-0.1, -0.05) is 23.3 Å². The number of nitrogens with zero attached hydrogens (tertiary/aromatic N) is 2. The fourth-order valence-electron chi connectivity index (χ4n) is 1.81. The van der Waals surface area contributed by atoms with Gasteiger partial charge in [0.1, 0.15) is 23.0 Å². The largest absolute Gasteiger partial charge is 0.382 e. The molecule has 0 fully saturated rings. The Hall–Kier alpha value is -1.29. The van der Waals surface area contributed by atoms with Gasteiger partial charge in [-0.3, -0.25) is 0 Å². The van der Waals surface area contributed by atoms with Crippen LogP contribution in [0, 0.1) is 0 Å². The van der Waals surface area contributed by atoms with E-state index in [1.54, 1.807) is 0 Å². The van der Waals surface area contributed by atoms with Crippen molar-refractivity contribution in [1.29, 1.82) is 0 Å². The predicted molar refractivity (Wildman–Crippen MR) is 66.5 cm³/mol. The molecule has 1 aromatic rings. The van der Waals surface area contributed by atoms with Crippen molar-refractivity contribution in [3.05, 3.63) is 23.0 Å². The molecule has 0 aromatic carbocycles. The van der Waals surface area contributed by atoms with E-state index in [4.69, 9.17) is 17.3 Å². The summed E-state index contributed by atoms with van der Waals surface area (Å²) in [4.78, 5) is 7.86. The van der Waals surface area contributed by atoms with Crippen molar-refractivity contribution in [2.45, 2.75) is 25.7 Å². The SMILES string of the molecule is Nc1ncnc(NCCC2=CCCC2)c1Cl. The summed E-state index contributed by atoms with van der Waals surface area (Å²) in [5, 5.41) is 3.58. The molecule has 0 saturated heterocycles. The summed E-state index contributed by atoms with van der Waals surface area (Å²) in [6.07, 6.45) is 8.50. The summed E-state index contributed by atoms with van der Waals surface area (Å²) in [5.41, 5.74) is 7.10. The summed E-state index contributed by atoms with van der Waals surface area (Å²) in [5.74, 6) is 0.937. The number of hydrogen-bond donors (Lipinski definition) is 2. The van der Waals surface area contributed by atoms with Gasteiger partial charge in [-0.2, -0.15) is 0 Å². The number of nitrogen functional groups attached to an aromatic ring is 1. The van der Waals surface area contributed by atoms with E-state index < -0.39 is 0 Å². The molecule has 5 heteroatoms. The Kier molecular flexibility index (Phi) is 3.62. The van der Waals surface area contributed by atoms with Crippen LogP contribution in [0.4, 0.5) is 11.6 Å². The second-order valence-electron chi connectivity index (χ2n) is 3.85. The number of anilines is 2. The average Bonchev–Trinajstić information content (AvgIpc) is 2.77. The van der Waals surface area contributed by atoms with Crippen molar-refractivity contribution in [3.8, 4) is 0 Å². The normalized spacial score (nSPS) is 14.9. The quantitative estimate of drug-likeness (QED) is 0.792. The fraction of sp³-hybridized carbons (Fsp3) is 0.455. The summed E-state index contributed by atoms with van der Waals surface area (Å²) < 4.78 is 0. The van der Waals surface area contributed by atoms with Crippen LogP contribution in [0.5, 0.6) is 0 Å². The van der Waals surface area contributed by atoms with Gasteiger partial charge in [0.15, 0.2) is 0 Å². The van der Waals surface area contributed by atoms with Crippen LogP contribution in [0.25, 0.3) is 0 Å². The second-order valence-corrected chi connectivity index (χ2v) is 4.23. The maximum Gasteiger partial charge on any atom is 0.150 e. The van der Waals surface area contributed by atoms with E-state index >= 15 is 0 Å². The molecule has 0 aliphatic heterocycles. The van der Waals surface area contributed by atoms with Crippen LogP contribution >= 0.6 is 11.6 Å². The van der Waals surface area contributed by atoms with Crippen LogP contribution in [0.1, 0.15) is 25.7 Å². The maximum absolute atomic E-state index is 5.96. The van der Waals surface area contributed by atoms with E-state index in [-0.39, 0.29) is 0 Å². The third-order valence-electron chi connectivity index (χ3n) is 2.69. The minimum atomic E-state index is 0.319. The van der Waals surface area contributed by atoms with Crippen LogP contribution < -0.4 is 11.1 Å². The number of allylic oxidation sites excluding steroid dienone is 1. The topological polar surface area (TPSA) is 63.8 Å². The van der Waals surface area contributed by atoms with Crippen LogP contribution in [0.15, 0.2) is 18.0 Å². The van der Waals surface area contributed by atoms with E-state index in [0.29, 0.717) is 16.7 Å². The van der Waals surface area contributed by atoms with Crippen LogP contribution in [-0.4, -0.2) is 16.5 Å². The molecular weight excluding hydrogens is 224 g/mol. The molecule has 86 valence electrons. The van der Waals surface area contributed by atoms with Gasteiger partial charge in [0.05, 0.1) is 0 Å². The van der Waals surface area contributed by atoms with E-state index in [1.807, 2.05) is 0 Å². The number of hydrogen-bond acceptors (Lipinski definition) is 4. The van der Waals surface area contributed by atoms with E-state index in [0.717, 1.165) is 13.0 Å². The summed E-state index contributed by atoms with van der Waals surface area (Å²) in [6.45, 7) is 0.835. The molecule has 2 rings (SSSR count). The van der Waals surface area contributed by atoms with Gasteiger partial charge in [-0.25, -0.2) is 9.97 Å². The molecule has 1 heterocycles. The minimum Gasteiger partial charge on any atom is -0.382 e. The Morgan fingerprint density at radius 3 is 3.06 bits per heavy atom. The molecule has 0 amide bonds. The van der Waals surface area contributed by atoms with E-state index in [9.17, 15) is 0 Å². The molecule has 1 aliphatic rings. The van der Waals surface area contributed by atoms with Crippen molar-refractivity contribution in [2.24, 2.45) is 0 Å². The van der Waals surface area contributed by atoms with E-state index in [1.165, 1.54) is 31.2 Å². The van der Waals surface area contributed by atoms with Crippen LogP contribution in [0.3, 0.4) is 0 Å². The molecule has 1 aliphatic carbocycles. The lowest BCUT2D eigenvalue weighted by molar-refractivity contribution is 0.861. The number of halogens is 1. The van der Waals surface area contributed by atoms with Crippen molar-refractivity contribution < 1.29 is 0 Å². The Morgan fingerprint density at radius 1 is 1.44 bits per heavy atom. The Balaban J connectivity index is 1.87. The monoisotopic (exact) mass is 238 g/mol. The lowest BCUT2D eigenvalue weighted by Gasteiger charge is -2.08. The first-order valence-electron chi connectivity index (χ1n) is 5.45. The number of nitrogens with two attached hydrogens (primary N) is 1.